The van der Waals surface area contributed by atoms with Gasteiger partial charge in [0, 0.05) is 16.3 Å². The van der Waals surface area contributed by atoms with Crippen LogP contribution in [0.3, 0.4) is 0 Å². The molecule has 0 aliphatic rings. The Hall–Kier alpha value is -1.66. The van der Waals surface area contributed by atoms with E-state index >= 15 is 0 Å². The summed E-state index contributed by atoms with van der Waals surface area (Å²) in [5.41, 5.74) is 1.78. The molecule has 122 valence electrons. The smallest absolute Gasteiger partial charge is 0.234 e. The number of thioether (sulfide) groups is 1. The van der Waals surface area contributed by atoms with E-state index in [-0.39, 0.29) is 5.91 Å². The van der Waals surface area contributed by atoms with E-state index in [1.807, 2.05) is 24.3 Å². The van der Waals surface area contributed by atoms with E-state index in [1.165, 1.54) is 5.56 Å². The van der Waals surface area contributed by atoms with Crippen molar-refractivity contribution in [2.75, 3.05) is 25.3 Å². The van der Waals surface area contributed by atoms with E-state index in [0.29, 0.717) is 22.9 Å². The lowest BCUT2D eigenvalue weighted by Gasteiger charge is -2.11. The molecule has 6 heteroatoms. The number of halogens is 1. The summed E-state index contributed by atoms with van der Waals surface area (Å²) in [5, 5.41) is 2.86. The topological polar surface area (TPSA) is 47.6 Å². The number of hydrogen-bond acceptors (Lipinski definition) is 4. The van der Waals surface area contributed by atoms with Gasteiger partial charge in [-0.05, 0) is 23.8 Å². The van der Waals surface area contributed by atoms with Crippen LogP contribution < -0.4 is 14.8 Å². The van der Waals surface area contributed by atoms with Crippen LogP contribution in [0.15, 0.2) is 46.9 Å². The van der Waals surface area contributed by atoms with E-state index in [9.17, 15) is 4.79 Å². The third-order valence-corrected chi connectivity index (χ3v) is 4.88. The number of nitrogens with one attached hydrogen (secondary N) is 1. The number of carbonyl (C=O) groups is 1. The zero-order valence-electron chi connectivity index (χ0n) is 13.0. The average molecular weight is 396 g/mol. The summed E-state index contributed by atoms with van der Waals surface area (Å²) in [6.07, 6.45) is 0. The number of benzene rings is 2. The third-order valence-electron chi connectivity index (χ3n) is 3.13. The van der Waals surface area contributed by atoms with E-state index < -0.39 is 0 Å². The lowest BCUT2D eigenvalue weighted by molar-refractivity contribution is -0.113. The molecule has 2 aromatic carbocycles. The lowest BCUT2D eigenvalue weighted by Crippen LogP contribution is -2.15. The van der Waals surface area contributed by atoms with Crippen molar-refractivity contribution < 1.29 is 14.3 Å². The predicted octanol–water partition coefficient (Wildman–Crippen LogP) is 4.34. The molecule has 0 aliphatic heterocycles. The SMILES string of the molecule is COc1ccc(OC)c(NC(=O)CSCc2ccccc2Br)c1. The molecule has 1 N–H and O–H groups in total. The highest BCUT2D eigenvalue weighted by molar-refractivity contribution is 9.10. The zero-order chi connectivity index (χ0) is 16.7. The minimum Gasteiger partial charge on any atom is -0.497 e. The van der Waals surface area contributed by atoms with E-state index in [0.717, 1.165) is 10.2 Å². The summed E-state index contributed by atoms with van der Waals surface area (Å²) in [6.45, 7) is 0. The predicted molar refractivity (Wildman–Crippen MR) is 98.5 cm³/mol. The second-order valence-corrected chi connectivity index (χ2v) is 6.54. The Labute approximate surface area is 148 Å². The van der Waals surface area contributed by atoms with Crippen LogP contribution in [-0.4, -0.2) is 25.9 Å². The number of methoxy groups -OCH3 is 2. The molecule has 23 heavy (non-hydrogen) atoms. The van der Waals surface area contributed by atoms with Crippen LogP contribution in [0, 0.1) is 0 Å². The minimum absolute atomic E-state index is 0.0754. The van der Waals surface area contributed by atoms with Crippen LogP contribution >= 0.6 is 27.7 Å². The molecule has 4 nitrogen and oxygen atoms in total. The molecule has 1 amide bonds. The Morgan fingerprint density at radius 3 is 2.65 bits per heavy atom. The summed E-state index contributed by atoms with van der Waals surface area (Å²) in [4.78, 5) is 12.1. The van der Waals surface area contributed by atoms with Gasteiger partial charge in [-0.1, -0.05) is 34.1 Å². The molecule has 0 spiro atoms. The second-order valence-electron chi connectivity index (χ2n) is 4.70. The first-order valence-electron chi connectivity index (χ1n) is 6.97. The van der Waals surface area contributed by atoms with E-state index in [4.69, 9.17) is 9.47 Å². The molecule has 0 unspecified atom stereocenters. The van der Waals surface area contributed by atoms with Gasteiger partial charge < -0.3 is 14.8 Å². The Morgan fingerprint density at radius 1 is 1.17 bits per heavy atom. The van der Waals surface area contributed by atoms with Gasteiger partial charge in [-0.3, -0.25) is 4.79 Å². The number of ether oxygens (including phenoxy) is 2. The van der Waals surface area contributed by atoms with Crippen LogP contribution in [0.2, 0.25) is 0 Å². The number of hydrogen-bond donors (Lipinski definition) is 1. The van der Waals surface area contributed by atoms with Crippen molar-refractivity contribution in [1.29, 1.82) is 0 Å². The summed E-state index contributed by atoms with van der Waals surface area (Å²) >= 11 is 5.06. The summed E-state index contributed by atoms with van der Waals surface area (Å²) < 4.78 is 11.5. The molecule has 0 radical (unpaired) electrons. The highest BCUT2D eigenvalue weighted by Crippen LogP contribution is 2.29. The van der Waals surface area contributed by atoms with Gasteiger partial charge in [-0.15, -0.1) is 11.8 Å². The molecule has 0 heterocycles. The van der Waals surface area contributed by atoms with Gasteiger partial charge in [0.1, 0.15) is 11.5 Å². The maximum Gasteiger partial charge on any atom is 0.234 e. The molecule has 0 aliphatic carbocycles. The molecular formula is C17H18BrNO3S. The summed E-state index contributed by atoms with van der Waals surface area (Å²) in [7, 11) is 3.15. The van der Waals surface area contributed by atoms with Crippen molar-refractivity contribution in [1.82, 2.24) is 0 Å². The van der Waals surface area contributed by atoms with Gasteiger partial charge in [0.2, 0.25) is 5.91 Å². The number of anilines is 1. The molecule has 0 bridgehead atoms. The van der Waals surface area contributed by atoms with Crippen LogP contribution in [0.4, 0.5) is 5.69 Å². The fourth-order valence-corrected chi connectivity index (χ4v) is 3.41. The standard InChI is InChI=1S/C17H18BrNO3S/c1-21-13-7-8-16(22-2)15(9-13)19-17(20)11-23-10-12-5-3-4-6-14(12)18/h3-9H,10-11H2,1-2H3,(H,19,20). The molecule has 0 saturated heterocycles. The molecule has 0 aromatic heterocycles. The van der Waals surface area contributed by atoms with Crippen molar-refractivity contribution >= 4 is 39.3 Å². The van der Waals surface area contributed by atoms with Gasteiger partial charge in [0.15, 0.2) is 0 Å². The van der Waals surface area contributed by atoms with Gasteiger partial charge >= 0.3 is 0 Å². The first-order chi connectivity index (χ1) is 11.1. The highest BCUT2D eigenvalue weighted by atomic mass is 79.9. The Kier molecular flexibility index (Phi) is 6.80. The Bertz CT molecular complexity index is 679. The first-order valence-corrected chi connectivity index (χ1v) is 8.92. The fourth-order valence-electron chi connectivity index (χ4n) is 1.97. The lowest BCUT2D eigenvalue weighted by atomic mass is 10.2. The van der Waals surface area contributed by atoms with E-state index in [2.05, 4.69) is 21.2 Å². The molecule has 0 saturated carbocycles. The van der Waals surface area contributed by atoms with Crippen molar-refractivity contribution in [2.24, 2.45) is 0 Å². The minimum atomic E-state index is -0.0754. The number of rotatable bonds is 7. The number of amides is 1. The van der Waals surface area contributed by atoms with Gasteiger partial charge in [0.25, 0.3) is 0 Å². The number of carbonyl (C=O) groups excluding carboxylic acids is 1. The summed E-state index contributed by atoms with van der Waals surface area (Å²) in [5.74, 6) is 2.33. The van der Waals surface area contributed by atoms with Gasteiger partial charge in [-0.2, -0.15) is 0 Å². The van der Waals surface area contributed by atoms with Crippen molar-refractivity contribution in [3.05, 3.63) is 52.5 Å². The monoisotopic (exact) mass is 395 g/mol. The van der Waals surface area contributed by atoms with Crippen LogP contribution in [0.25, 0.3) is 0 Å². The van der Waals surface area contributed by atoms with Gasteiger partial charge in [0.05, 0.1) is 25.7 Å². The maximum atomic E-state index is 12.1. The van der Waals surface area contributed by atoms with Crippen LogP contribution in [0.1, 0.15) is 5.56 Å². The van der Waals surface area contributed by atoms with Gasteiger partial charge in [-0.25, -0.2) is 0 Å². The van der Waals surface area contributed by atoms with Crippen molar-refractivity contribution in [2.45, 2.75) is 5.75 Å². The second kappa shape index (κ2) is 8.84. The molecule has 2 aromatic rings. The Morgan fingerprint density at radius 2 is 1.96 bits per heavy atom. The molecule has 0 atom stereocenters. The highest BCUT2D eigenvalue weighted by Gasteiger charge is 2.09. The molecule has 2 rings (SSSR count). The third kappa shape index (κ3) is 5.18. The van der Waals surface area contributed by atoms with Crippen LogP contribution in [0.5, 0.6) is 11.5 Å². The van der Waals surface area contributed by atoms with Crippen molar-refractivity contribution in [3.8, 4) is 11.5 Å². The fraction of sp³-hybridized carbons (Fsp3) is 0.235. The molecular weight excluding hydrogens is 378 g/mol. The summed E-state index contributed by atoms with van der Waals surface area (Å²) in [6, 6.07) is 13.3. The average Bonchev–Trinajstić information content (AvgIpc) is 2.56. The zero-order valence-corrected chi connectivity index (χ0v) is 15.4. The Balaban J connectivity index is 1.91. The van der Waals surface area contributed by atoms with Crippen LogP contribution in [-0.2, 0) is 10.5 Å². The van der Waals surface area contributed by atoms with E-state index in [1.54, 1.807) is 44.2 Å². The normalized spacial score (nSPS) is 10.2. The molecule has 0 fully saturated rings. The van der Waals surface area contributed by atoms with Crippen molar-refractivity contribution in [3.63, 3.8) is 0 Å². The largest absolute Gasteiger partial charge is 0.497 e. The maximum absolute atomic E-state index is 12.1. The quantitative estimate of drug-likeness (QED) is 0.757. The first kappa shape index (κ1) is 17.7.